The molecule has 1 aromatic carbocycles. The van der Waals surface area contributed by atoms with Crippen LogP contribution < -0.4 is 0 Å². The Kier molecular flexibility index (Phi) is 34.0. The quantitative estimate of drug-likeness (QED) is 0.0352. The first-order chi connectivity index (χ1) is 54.2. The second-order valence-corrected chi connectivity index (χ2v) is 31.8. The molecule has 0 spiro atoms. The van der Waals surface area contributed by atoms with Crippen molar-refractivity contribution in [1.29, 1.82) is 0 Å². The molecule has 6 fully saturated rings. The summed E-state index contributed by atoms with van der Waals surface area (Å²) in [6.45, 7) is 28.7. The van der Waals surface area contributed by atoms with Crippen LogP contribution in [-0.4, -0.2) is 206 Å². The molecule has 25 nitrogen and oxygen atoms in total. The fourth-order valence-electron chi connectivity index (χ4n) is 11.1. The predicted molar refractivity (Wildman–Crippen MR) is 362 cm³/mol. The Morgan fingerprint density at radius 1 is 0.475 bits per heavy atom. The highest BCUT2D eigenvalue weighted by molar-refractivity contribution is 5.95. The highest BCUT2D eigenvalue weighted by Crippen LogP contribution is 2.50. The Morgan fingerprint density at radius 3 is 1.26 bits per heavy atom. The van der Waals surface area contributed by atoms with Crippen molar-refractivity contribution >= 4 is 53.7 Å². The Hall–Kier alpha value is -7.30. The molecule has 0 aromatic heterocycles. The molecule has 6 heterocycles. The number of hydrogen-bond acceptors (Lipinski definition) is 25. The average Bonchev–Trinajstić information content (AvgIpc) is 1.56. The van der Waals surface area contributed by atoms with Crippen LogP contribution in [-0.2, 0) is 125 Å². The van der Waals surface area contributed by atoms with Crippen LogP contribution in [0.25, 0.3) is 0 Å². The lowest BCUT2D eigenvalue weighted by atomic mass is 9.81. The van der Waals surface area contributed by atoms with Gasteiger partial charge in [-0.25, -0.2) is 14.4 Å². The molecule has 17 unspecified atom stereocenters. The summed E-state index contributed by atoms with van der Waals surface area (Å²) in [6, 6.07) is 6.00. The zero-order valence-electron chi connectivity index (χ0n) is 68.0. The molecule has 0 radical (unpaired) electrons. The molecule has 6 saturated heterocycles. The normalized spacial score (nSPS) is 26.1. The molecule has 6 aliphatic heterocycles. The molecule has 46 heteroatoms. The van der Waals surface area contributed by atoms with Crippen LogP contribution in [0.1, 0.15) is 200 Å². The number of aliphatic hydroxyl groups is 1. The molecule has 0 bridgehead atoms. The minimum absolute atomic E-state index is 0.0510. The number of esters is 9. The molecule has 120 heavy (non-hydrogen) atoms. The largest absolute Gasteiger partial charge is 0.465 e. The monoisotopic (exact) mass is 1780 g/mol. The number of alkyl halides is 21. The second-order valence-electron chi connectivity index (χ2n) is 31.8. The van der Waals surface area contributed by atoms with Crippen molar-refractivity contribution in [3.05, 3.63) is 35.4 Å². The van der Waals surface area contributed by atoms with E-state index in [0.717, 1.165) is 38.7 Å². The van der Waals surface area contributed by atoms with Gasteiger partial charge in [0.2, 0.25) is 12.2 Å². The lowest BCUT2D eigenvalue weighted by Gasteiger charge is -2.30. The maximum atomic E-state index is 13.0. The number of fused-ring (bicyclic) bond motifs is 6. The average molecular weight is 1790 g/mol. The molecule has 690 valence electrons. The van der Waals surface area contributed by atoms with E-state index in [2.05, 4.69) is 32.8 Å². The summed E-state index contributed by atoms with van der Waals surface area (Å²) in [6.07, 6.45) is -67.3. The summed E-state index contributed by atoms with van der Waals surface area (Å²) in [5.74, 6) is -21.6. The Bertz CT molecular complexity index is 3660. The van der Waals surface area contributed by atoms with Crippen molar-refractivity contribution in [2.24, 2.45) is 28.1 Å². The summed E-state index contributed by atoms with van der Waals surface area (Å²) < 4.78 is 345. The molecule has 0 saturated carbocycles. The number of rotatable bonds is 28. The number of unbranched alkanes of at least 4 members (excludes halogenated alkanes) is 1. The van der Waals surface area contributed by atoms with E-state index in [1.165, 1.54) is 45.2 Å². The third-order valence-electron chi connectivity index (χ3n) is 20.8. The van der Waals surface area contributed by atoms with Crippen LogP contribution >= 0.6 is 0 Å². The van der Waals surface area contributed by atoms with Crippen molar-refractivity contribution in [2.45, 2.75) is 340 Å². The lowest BCUT2D eigenvalue weighted by Crippen LogP contribution is -2.53. The summed E-state index contributed by atoms with van der Waals surface area (Å²) in [5.41, 5.74) is -4.47. The number of ether oxygens (including phenoxy) is 15. The van der Waals surface area contributed by atoms with Gasteiger partial charge in [-0.15, -0.1) is 0 Å². The first kappa shape index (κ1) is 105. The molecular weight excluding hydrogens is 1690 g/mol. The van der Waals surface area contributed by atoms with Gasteiger partial charge in [-0.2, -0.15) is 92.2 Å². The van der Waals surface area contributed by atoms with Crippen molar-refractivity contribution in [3.8, 4) is 0 Å². The van der Waals surface area contributed by atoms with Gasteiger partial charge in [0.15, 0.2) is 66.5 Å². The maximum Gasteiger partial charge on any atom is 0.434 e. The van der Waals surface area contributed by atoms with Gasteiger partial charge in [-0.3, -0.25) is 28.8 Å². The molecule has 1 aromatic rings. The van der Waals surface area contributed by atoms with E-state index in [9.17, 15) is 140 Å². The number of benzene rings is 1. The van der Waals surface area contributed by atoms with Gasteiger partial charge in [0.1, 0.15) is 18.6 Å². The minimum Gasteiger partial charge on any atom is -0.465 e. The molecular formula is C74H97F21O25. The smallest absolute Gasteiger partial charge is 0.434 e. The first-order valence-electron chi connectivity index (χ1n) is 37.4. The number of halogens is 21. The topological polar surface area (TPSA) is 312 Å². The zero-order chi connectivity index (χ0) is 92.8. The van der Waals surface area contributed by atoms with E-state index in [-0.39, 0.29) is 35.7 Å². The van der Waals surface area contributed by atoms with Gasteiger partial charge < -0.3 is 76.2 Å². The third-order valence-corrected chi connectivity index (χ3v) is 20.8. The summed E-state index contributed by atoms with van der Waals surface area (Å²) in [5, 5.41) is 9.55. The highest BCUT2D eigenvalue weighted by atomic mass is 19.4. The minimum atomic E-state index is -6.24. The molecule has 7 rings (SSSR count). The first-order valence-corrected chi connectivity index (χ1v) is 37.4. The van der Waals surface area contributed by atoms with E-state index in [0.29, 0.717) is 25.9 Å². The summed E-state index contributed by atoms with van der Waals surface area (Å²) >= 11 is 0. The van der Waals surface area contributed by atoms with E-state index in [1.807, 2.05) is 41.5 Å². The van der Waals surface area contributed by atoms with E-state index < -0.39 is 224 Å². The molecule has 1 N–H and O–H groups in total. The summed E-state index contributed by atoms with van der Waals surface area (Å²) in [7, 11) is 0. The van der Waals surface area contributed by atoms with Gasteiger partial charge in [0.25, 0.3) is 18.0 Å². The van der Waals surface area contributed by atoms with E-state index in [1.54, 1.807) is 39.8 Å². The van der Waals surface area contributed by atoms with Crippen LogP contribution in [0.4, 0.5) is 92.2 Å². The van der Waals surface area contributed by atoms with Crippen LogP contribution in [0, 0.1) is 28.1 Å². The van der Waals surface area contributed by atoms with E-state index in [4.69, 9.17) is 52.1 Å². The maximum absolute atomic E-state index is 13.0. The number of hydrogen-bond donors (Lipinski definition) is 1. The van der Waals surface area contributed by atoms with Crippen molar-refractivity contribution in [3.63, 3.8) is 0 Å². The SMILES string of the molecule is CCC(C)(C)C(=O)OC1C(=O)OC2C3OC(C)(CC(C(=O)OC(C)C(F)(F)F)C(=O)OC(C(F)(F)F)C(F)(F)F)OC3OC12.CCC(C)(C)C(=O)OC1C(=O)OC2C3OC(CC(=O)OC(C)C(F)(F)F)(C(=O)OC(C(F)(F)F)C(F)(F)F)OC3OC12.CCC(C)(C)c1ccc(C(C)(O)C(F)(F)F)cc1.CCCCC(CC)COC(=O)C(C)(C)CC. The Morgan fingerprint density at radius 2 is 0.867 bits per heavy atom. The number of carbonyl (C=O) groups is 9. The van der Waals surface area contributed by atoms with Gasteiger partial charge >= 0.3 is 97.0 Å². The molecule has 6 aliphatic rings. The van der Waals surface area contributed by atoms with Crippen LogP contribution in [0.2, 0.25) is 0 Å². The second kappa shape index (κ2) is 38.9. The highest BCUT2D eigenvalue weighted by Gasteiger charge is 2.72. The molecule has 0 aliphatic carbocycles. The van der Waals surface area contributed by atoms with Crippen LogP contribution in [0.3, 0.4) is 0 Å². The zero-order valence-corrected chi connectivity index (χ0v) is 68.0. The summed E-state index contributed by atoms with van der Waals surface area (Å²) in [4.78, 5) is 111. The Labute approximate surface area is 674 Å². The van der Waals surface area contributed by atoms with Gasteiger partial charge in [0.05, 0.1) is 22.9 Å². The third kappa shape index (κ3) is 26.4. The number of carbonyl (C=O) groups excluding carboxylic acids is 9. The predicted octanol–water partition coefficient (Wildman–Crippen LogP) is 15.0. The molecule has 0 amide bonds. The standard InChI is InChI=1S/C24H27F9O11.C22H23F9O11.C14H19F3O.C14H28O2/c1-6-20(3,4)19(37)41-12-10-11(39-16(12)36)13-17(40-10)44-21(5,43-13)7-9(14(34)38-8(2)22(25,26)27)15(35)42-18(23(28,29)30)24(31,32)33;1-5-18(3,4)16(34)39-11-9-10(37-13(11)33)12-14(38-9)42-19(41-12,6-8(32)36-7(2)20(23,24)25)17(35)40-15(21(26,27)28)22(29,30)31;1-5-12(2,3)10-6-8-11(9-7-10)13(4,18)14(15,16)17;1-6-9-10-12(7-2)11-16-13(15)14(4,5)8-3/h8-13,17-18H,6-7H2,1-5H3;7,9-12,14-15H,5-6H2,1-4H3;6-9,18H,5H2,1-4H3;12H,6-11H2,1-5H3. The van der Waals surface area contributed by atoms with Gasteiger partial charge in [-0.05, 0) is 124 Å². The Balaban J connectivity index is 0.000000367. The van der Waals surface area contributed by atoms with Gasteiger partial charge in [-0.1, -0.05) is 98.9 Å². The van der Waals surface area contributed by atoms with Crippen molar-refractivity contribution < 1.29 is 212 Å². The van der Waals surface area contributed by atoms with Crippen LogP contribution in [0.5, 0.6) is 0 Å². The van der Waals surface area contributed by atoms with Crippen molar-refractivity contribution in [2.75, 3.05) is 6.61 Å². The molecule has 17 atom stereocenters. The fraction of sp³-hybridized carbons (Fsp3) is 0.797. The lowest BCUT2D eigenvalue weighted by molar-refractivity contribution is -0.325. The van der Waals surface area contributed by atoms with Gasteiger partial charge in [0, 0.05) is 6.42 Å². The van der Waals surface area contributed by atoms with Crippen LogP contribution in [0.15, 0.2) is 24.3 Å². The fourth-order valence-corrected chi connectivity index (χ4v) is 11.1. The van der Waals surface area contributed by atoms with E-state index >= 15 is 0 Å². The van der Waals surface area contributed by atoms with Crippen molar-refractivity contribution in [1.82, 2.24) is 0 Å².